The van der Waals surface area contributed by atoms with Crippen LogP contribution in [0.2, 0.25) is 0 Å². The van der Waals surface area contributed by atoms with E-state index < -0.39 is 5.60 Å². The molecule has 4 saturated carbocycles. The van der Waals surface area contributed by atoms with Gasteiger partial charge in [-0.2, -0.15) is 0 Å². The molecule has 4 fully saturated rings. The van der Waals surface area contributed by atoms with Crippen LogP contribution in [0.5, 0.6) is 0 Å². The first-order chi connectivity index (χ1) is 17.0. The quantitative estimate of drug-likeness (QED) is 0.200. The number of hydrazine groups is 1. The Hall–Kier alpha value is -1.37. The van der Waals surface area contributed by atoms with Gasteiger partial charge in [0.15, 0.2) is 5.78 Å². The molecule has 6 heteroatoms. The number of rotatable bonds is 6. The summed E-state index contributed by atoms with van der Waals surface area (Å²) in [5.41, 5.74) is 1.42. The first kappa shape index (κ1) is 26.2. The van der Waals surface area contributed by atoms with Gasteiger partial charge in [-0.15, -0.1) is 11.8 Å². The van der Waals surface area contributed by atoms with E-state index in [0.717, 1.165) is 60.2 Å². The number of nitrogens with zero attached hydrogens (tertiary/aromatic N) is 2. The third-order valence-corrected chi connectivity index (χ3v) is 12.1. The Morgan fingerprint density at radius 2 is 1.86 bits per heavy atom. The van der Waals surface area contributed by atoms with Gasteiger partial charge in [0.2, 0.25) is 0 Å². The molecule has 4 aliphatic rings. The summed E-state index contributed by atoms with van der Waals surface area (Å²) in [4.78, 5) is 19.0. The van der Waals surface area contributed by atoms with E-state index in [1.165, 1.54) is 25.7 Å². The predicted molar refractivity (Wildman–Crippen MR) is 150 cm³/mol. The van der Waals surface area contributed by atoms with Crippen molar-refractivity contribution in [3.05, 3.63) is 18.2 Å². The number of carbonyl (C=O) groups excluding carboxylic acids is 1. The number of hydrogen-bond acceptors (Lipinski definition) is 6. The predicted octanol–water partition coefficient (Wildman–Crippen LogP) is 6.40. The monoisotopic (exact) mass is 511 g/mol. The van der Waals surface area contributed by atoms with Gasteiger partial charge in [-0.1, -0.05) is 13.8 Å². The van der Waals surface area contributed by atoms with Gasteiger partial charge in [0.1, 0.15) is 0 Å². The van der Waals surface area contributed by atoms with Crippen molar-refractivity contribution in [1.82, 2.24) is 0 Å². The largest absolute Gasteiger partial charge is 0.390 e. The van der Waals surface area contributed by atoms with Gasteiger partial charge in [-0.05, 0) is 130 Å². The first-order valence-corrected chi connectivity index (χ1v) is 15.2. The lowest BCUT2D eigenvalue weighted by atomic mass is 9.44. The molecule has 0 saturated heterocycles. The zero-order valence-corrected chi connectivity index (χ0v) is 23.4. The Kier molecular flexibility index (Phi) is 6.87. The topological polar surface area (TPSA) is 78.9 Å². The summed E-state index contributed by atoms with van der Waals surface area (Å²) in [7, 11) is 0. The smallest absolute Gasteiger partial charge is 0.157 e. The molecule has 1 aromatic carbocycles. The van der Waals surface area contributed by atoms with Crippen LogP contribution in [-0.4, -0.2) is 36.0 Å². The molecular weight excluding hydrogens is 466 g/mol. The lowest BCUT2D eigenvalue weighted by Gasteiger charge is -2.61. The van der Waals surface area contributed by atoms with Crippen molar-refractivity contribution in [2.45, 2.75) is 89.1 Å². The number of benzene rings is 1. The number of fused-ring (bicyclic) bond motifs is 5. The number of thioether (sulfide) groups is 1. The average molecular weight is 512 g/mol. The average Bonchev–Trinajstić information content (AvgIpc) is 3.21. The third-order valence-electron chi connectivity index (χ3n) is 11.3. The summed E-state index contributed by atoms with van der Waals surface area (Å²) in [5.74, 6) is 9.54. The van der Waals surface area contributed by atoms with Crippen LogP contribution in [-0.2, 0) is 4.79 Å². The second kappa shape index (κ2) is 9.43. The minimum atomic E-state index is -0.490. The number of Topliss-reactive ketones (excluding diaryl/α,β-unsaturated/α-hetero) is 1. The number of aliphatic imine (C=N–C) groups is 1. The van der Waals surface area contributed by atoms with Crippen molar-refractivity contribution in [3.63, 3.8) is 0 Å². The van der Waals surface area contributed by atoms with Crippen LogP contribution in [0.3, 0.4) is 0 Å². The Balaban J connectivity index is 1.31. The zero-order valence-electron chi connectivity index (χ0n) is 22.6. The standard InChI is InChI=1S/C30H45N3O2S/c1-28(35)14-15-29(2)19(17-28)6-8-21-22-9-10-24(30(22,3)13-12-23(21)29)27(34)18-33(31)26-11-7-20(36-5)16-25(26)32-4/h7,11,16,19,21-24,35H,4,6,8-10,12-15,17-18,31H2,1-3,5H3/t19-,21-,22-,23-,24+,28+,29-,30?/m0/s1. The SMILES string of the molecule is C=Nc1cc(SC)ccc1N(N)CC(=O)[C@H]1CC[C@H]2[C@@H]3CC[C@H]4C[C@](C)(O)CC[C@]4(C)[C@H]3CCC12C. The van der Waals surface area contributed by atoms with E-state index in [0.29, 0.717) is 17.3 Å². The highest BCUT2D eigenvalue weighted by Gasteiger charge is 2.61. The number of hydrogen-bond donors (Lipinski definition) is 2. The van der Waals surface area contributed by atoms with Crippen molar-refractivity contribution in [1.29, 1.82) is 0 Å². The first-order valence-electron chi connectivity index (χ1n) is 13.9. The summed E-state index contributed by atoms with van der Waals surface area (Å²) >= 11 is 1.65. The fourth-order valence-corrected chi connectivity index (χ4v) is 9.76. The number of nitrogens with two attached hydrogens (primary N) is 1. The zero-order chi connectivity index (χ0) is 25.9. The van der Waals surface area contributed by atoms with Crippen molar-refractivity contribution >= 4 is 35.6 Å². The Morgan fingerprint density at radius 3 is 2.58 bits per heavy atom. The van der Waals surface area contributed by atoms with Crippen molar-refractivity contribution < 1.29 is 9.90 Å². The molecule has 5 rings (SSSR count). The van der Waals surface area contributed by atoms with Crippen molar-refractivity contribution in [2.75, 3.05) is 17.8 Å². The Bertz CT molecular complexity index is 1030. The Labute approximate surface area is 221 Å². The van der Waals surface area contributed by atoms with E-state index in [2.05, 4.69) is 25.6 Å². The molecule has 0 radical (unpaired) electrons. The lowest BCUT2D eigenvalue weighted by molar-refractivity contribution is -0.150. The van der Waals surface area contributed by atoms with Gasteiger partial charge in [0.25, 0.3) is 0 Å². The van der Waals surface area contributed by atoms with Crippen LogP contribution in [0, 0.1) is 40.4 Å². The molecule has 8 atom stereocenters. The minimum absolute atomic E-state index is 0.0741. The normalized spacial score (nSPS) is 41.7. The lowest BCUT2D eigenvalue weighted by Crippen LogP contribution is -2.56. The van der Waals surface area contributed by atoms with Crippen LogP contribution in [0.1, 0.15) is 78.6 Å². The maximum Gasteiger partial charge on any atom is 0.157 e. The number of anilines is 1. The maximum atomic E-state index is 13.7. The molecule has 5 nitrogen and oxygen atoms in total. The third kappa shape index (κ3) is 4.25. The maximum absolute atomic E-state index is 13.7. The number of ketones is 1. The number of aliphatic hydroxyl groups is 1. The summed E-state index contributed by atoms with van der Waals surface area (Å²) in [6, 6.07) is 5.95. The van der Waals surface area contributed by atoms with E-state index >= 15 is 0 Å². The molecule has 0 heterocycles. The van der Waals surface area contributed by atoms with Gasteiger partial charge >= 0.3 is 0 Å². The number of carbonyl (C=O) groups is 1. The van der Waals surface area contributed by atoms with Crippen molar-refractivity contribution in [3.8, 4) is 0 Å². The molecule has 0 spiro atoms. The fraction of sp³-hybridized carbons (Fsp3) is 0.733. The van der Waals surface area contributed by atoms with E-state index in [1.54, 1.807) is 16.8 Å². The highest BCUT2D eigenvalue weighted by atomic mass is 32.2. The van der Waals surface area contributed by atoms with Gasteiger partial charge in [-0.3, -0.25) is 9.79 Å². The highest BCUT2D eigenvalue weighted by Crippen LogP contribution is 2.68. The van der Waals surface area contributed by atoms with Gasteiger partial charge in [0, 0.05) is 10.8 Å². The van der Waals surface area contributed by atoms with E-state index in [4.69, 9.17) is 5.84 Å². The van der Waals surface area contributed by atoms with Crippen LogP contribution in [0.15, 0.2) is 28.1 Å². The molecular formula is C30H45N3O2S. The second-order valence-electron chi connectivity index (χ2n) is 13.1. The molecule has 1 unspecified atom stereocenters. The Morgan fingerprint density at radius 1 is 1.11 bits per heavy atom. The van der Waals surface area contributed by atoms with Gasteiger partial charge in [-0.25, -0.2) is 5.84 Å². The minimum Gasteiger partial charge on any atom is -0.390 e. The molecule has 36 heavy (non-hydrogen) atoms. The van der Waals surface area contributed by atoms with E-state index in [-0.39, 0.29) is 23.7 Å². The fourth-order valence-electron chi connectivity index (χ4n) is 9.32. The van der Waals surface area contributed by atoms with Crippen LogP contribution >= 0.6 is 11.8 Å². The van der Waals surface area contributed by atoms with Gasteiger partial charge in [0.05, 0.1) is 23.5 Å². The summed E-state index contributed by atoms with van der Waals surface area (Å²) in [6.07, 6.45) is 12.1. The molecule has 0 aliphatic heterocycles. The molecule has 0 amide bonds. The summed E-state index contributed by atoms with van der Waals surface area (Å²) in [6.45, 7) is 10.9. The van der Waals surface area contributed by atoms with Gasteiger partial charge < -0.3 is 10.1 Å². The molecule has 3 N–H and O–H groups in total. The van der Waals surface area contributed by atoms with Crippen LogP contribution < -0.4 is 10.9 Å². The van der Waals surface area contributed by atoms with E-state index in [9.17, 15) is 9.90 Å². The summed E-state index contributed by atoms with van der Waals surface area (Å²) < 4.78 is 0. The second-order valence-corrected chi connectivity index (χ2v) is 14.0. The molecule has 4 aliphatic carbocycles. The highest BCUT2D eigenvalue weighted by molar-refractivity contribution is 7.98. The molecule has 1 aromatic rings. The van der Waals surface area contributed by atoms with Crippen LogP contribution in [0.4, 0.5) is 11.4 Å². The van der Waals surface area contributed by atoms with Crippen LogP contribution in [0.25, 0.3) is 0 Å². The molecule has 198 valence electrons. The summed E-state index contributed by atoms with van der Waals surface area (Å²) in [5, 5.41) is 12.3. The molecule has 0 aromatic heterocycles. The molecule has 0 bridgehead atoms. The van der Waals surface area contributed by atoms with E-state index in [1.807, 2.05) is 31.4 Å². The van der Waals surface area contributed by atoms with Crippen molar-refractivity contribution in [2.24, 2.45) is 51.3 Å².